The monoisotopic (exact) mass is 388 g/mol. The zero-order valence-electron chi connectivity index (χ0n) is 16.0. The third kappa shape index (κ3) is 3.57. The molecule has 0 aliphatic carbocycles. The number of nitrogens with two attached hydrogens (primary N) is 1. The number of H-pyrrole nitrogens is 1. The fraction of sp³-hybridized carbons (Fsp3) is 0.150. The summed E-state index contributed by atoms with van der Waals surface area (Å²) in [5, 5.41) is 19.7. The van der Waals surface area contributed by atoms with Crippen LogP contribution in [0.1, 0.15) is 15.9 Å². The second kappa shape index (κ2) is 7.55. The molecule has 0 saturated carbocycles. The van der Waals surface area contributed by atoms with E-state index in [1.54, 1.807) is 12.1 Å². The molecule has 0 aliphatic rings. The van der Waals surface area contributed by atoms with Crippen molar-refractivity contribution in [2.75, 3.05) is 24.3 Å². The van der Waals surface area contributed by atoms with Gasteiger partial charge in [0.2, 0.25) is 5.82 Å². The molecule has 2 aromatic heterocycles. The molecule has 29 heavy (non-hydrogen) atoms. The van der Waals surface area contributed by atoms with Crippen LogP contribution in [0, 0.1) is 0 Å². The predicted molar refractivity (Wildman–Crippen MR) is 112 cm³/mol. The van der Waals surface area contributed by atoms with Crippen LogP contribution in [0.15, 0.2) is 48.5 Å². The lowest BCUT2D eigenvalue weighted by Crippen LogP contribution is -2.16. The second-order valence-electron chi connectivity index (χ2n) is 6.71. The summed E-state index contributed by atoms with van der Waals surface area (Å²) in [5.41, 5.74) is 7.99. The summed E-state index contributed by atoms with van der Waals surface area (Å²) in [7, 11) is 3.75. The first-order valence-electron chi connectivity index (χ1n) is 9.01. The van der Waals surface area contributed by atoms with Gasteiger partial charge in [-0.2, -0.15) is 5.10 Å². The Morgan fingerprint density at radius 2 is 1.90 bits per heavy atom. The lowest BCUT2D eigenvalue weighted by Gasteiger charge is -2.16. The number of nitrogens with zero attached hydrogens (tertiary/aromatic N) is 5. The van der Waals surface area contributed by atoms with E-state index in [0.29, 0.717) is 46.2 Å². The van der Waals surface area contributed by atoms with Crippen molar-refractivity contribution in [2.45, 2.75) is 6.54 Å². The average Bonchev–Trinajstić information content (AvgIpc) is 3.16. The second-order valence-corrected chi connectivity index (χ2v) is 6.71. The van der Waals surface area contributed by atoms with Crippen LogP contribution in [0.3, 0.4) is 0 Å². The van der Waals surface area contributed by atoms with E-state index in [1.165, 1.54) is 0 Å². The molecule has 9 heteroatoms. The van der Waals surface area contributed by atoms with Gasteiger partial charge in [0, 0.05) is 26.0 Å². The van der Waals surface area contributed by atoms with E-state index < -0.39 is 5.91 Å². The molecule has 4 rings (SSSR count). The molecule has 0 unspecified atom stereocenters. The minimum Gasteiger partial charge on any atom is -0.366 e. The molecular formula is C20H20N8O. The number of anilines is 2. The number of benzene rings is 2. The van der Waals surface area contributed by atoms with Gasteiger partial charge in [-0.15, -0.1) is 10.2 Å². The average molecular weight is 388 g/mol. The van der Waals surface area contributed by atoms with Gasteiger partial charge in [-0.25, -0.2) is 4.98 Å². The molecule has 0 fully saturated rings. The molecule has 0 radical (unpaired) electrons. The number of para-hydroxylation sites is 1. The van der Waals surface area contributed by atoms with Crippen LogP contribution >= 0.6 is 0 Å². The van der Waals surface area contributed by atoms with Crippen molar-refractivity contribution in [1.82, 2.24) is 25.4 Å². The number of primary amides is 1. The van der Waals surface area contributed by atoms with E-state index in [4.69, 9.17) is 5.73 Å². The first-order chi connectivity index (χ1) is 14.0. The van der Waals surface area contributed by atoms with E-state index in [-0.39, 0.29) is 0 Å². The zero-order valence-corrected chi connectivity index (χ0v) is 16.0. The maximum atomic E-state index is 11.7. The zero-order chi connectivity index (χ0) is 20.4. The molecule has 2 aromatic carbocycles. The van der Waals surface area contributed by atoms with E-state index in [1.807, 2.05) is 55.4 Å². The summed E-state index contributed by atoms with van der Waals surface area (Å²) in [6.07, 6.45) is 0. The first kappa shape index (κ1) is 18.4. The number of hydrogen-bond acceptors (Lipinski definition) is 7. The number of hydrogen-bond donors (Lipinski definition) is 3. The van der Waals surface area contributed by atoms with Gasteiger partial charge in [0.05, 0.1) is 11.1 Å². The van der Waals surface area contributed by atoms with Crippen LogP contribution in [0.5, 0.6) is 0 Å². The highest BCUT2D eigenvalue weighted by Crippen LogP contribution is 2.28. The number of nitrogens with one attached hydrogen (secondary N) is 2. The molecule has 0 saturated heterocycles. The van der Waals surface area contributed by atoms with E-state index in [2.05, 4.69) is 30.7 Å². The third-order valence-electron chi connectivity index (χ3n) is 4.47. The van der Waals surface area contributed by atoms with Crippen LogP contribution in [0.25, 0.3) is 22.4 Å². The molecule has 0 spiro atoms. The Labute approximate surface area is 167 Å². The van der Waals surface area contributed by atoms with Crippen molar-refractivity contribution < 1.29 is 4.79 Å². The van der Waals surface area contributed by atoms with Crippen LogP contribution in [-0.4, -0.2) is 45.4 Å². The predicted octanol–water partition coefficient (Wildman–Crippen LogP) is 2.19. The smallest absolute Gasteiger partial charge is 0.250 e. The summed E-state index contributed by atoms with van der Waals surface area (Å²) in [4.78, 5) is 18.2. The molecule has 1 amide bonds. The molecule has 4 aromatic rings. The van der Waals surface area contributed by atoms with Crippen LogP contribution < -0.4 is 16.0 Å². The lowest BCUT2D eigenvalue weighted by molar-refractivity contribution is 0.100. The highest BCUT2D eigenvalue weighted by atomic mass is 16.1. The Balaban J connectivity index is 1.74. The fourth-order valence-electron chi connectivity index (χ4n) is 3.04. The number of aromatic amines is 1. The van der Waals surface area contributed by atoms with E-state index in [0.717, 1.165) is 5.56 Å². The molecule has 2 heterocycles. The van der Waals surface area contributed by atoms with Crippen molar-refractivity contribution in [1.29, 1.82) is 0 Å². The van der Waals surface area contributed by atoms with Crippen LogP contribution in [0.4, 0.5) is 11.6 Å². The summed E-state index contributed by atoms with van der Waals surface area (Å²) < 4.78 is 0. The number of aromatic nitrogens is 5. The van der Waals surface area contributed by atoms with Crippen molar-refractivity contribution >= 4 is 28.4 Å². The molecular weight excluding hydrogens is 368 g/mol. The number of fused-ring (bicyclic) bond motifs is 1. The Morgan fingerprint density at radius 1 is 1.10 bits per heavy atom. The van der Waals surface area contributed by atoms with Gasteiger partial charge in [-0.05, 0) is 11.6 Å². The van der Waals surface area contributed by atoms with Crippen molar-refractivity contribution in [3.8, 4) is 11.5 Å². The lowest BCUT2D eigenvalue weighted by atomic mass is 10.1. The van der Waals surface area contributed by atoms with E-state index in [9.17, 15) is 4.79 Å². The number of amides is 1. The van der Waals surface area contributed by atoms with Crippen molar-refractivity contribution in [3.63, 3.8) is 0 Å². The molecule has 0 atom stereocenters. The fourth-order valence-corrected chi connectivity index (χ4v) is 3.04. The molecule has 0 aliphatic heterocycles. The number of rotatable bonds is 6. The van der Waals surface area contributed by atoms with Gasteiger partial charge in [0.25, 0.3) is 5.91 Å². The largest absolute Gasteiger partial charge is 0.366 e. The van der Waals surface area contributed by atoms with Crippen molar-refractivity contribution in [3.05, 3.63) is 59.7 Å². The first-order valence-corrected chi connectivity index (χ1v) is 9.01. The van der Waals surface area contributed by atoms with E-state index >= 15 is 0 Å². The Hall–Kier alpha value is -4.01. The summed E-state index contributed by atoms with van der Waals surface area (Å²) in [5.74, 6) is 1.02. The third-order valence-corrected chi connectivity index (χ3v) is 4.47. The van der Waals surface area contributed by atoms with Gasteiger partial charge >= 0.3 is 0 Å². The molecule has 9 nitrogen and oxygen atoms in total. The Bertz CT molecular complexity index is 1170. The van der Waals surface area contributed by atoms with Gasteiger partial charge < -0.3 is 16.0 Å². The molecule has 0 bridgehead atoms. The summed E-state index contributed by atoms with van der Waals surface area (Å²) in [6, 6.07) is 15.2. The normalized spacial score (nSPS) is 10.8. The van der Waals surface area contributed by atoms with Crippen molar-refractivity contribution in [2.24, 2.45) is 5.73 Å². The maximum absolute atomic E-state index is 11.7. The summed E-state index contributed by atoms with van der Waals surface area (Å²) in [6.45, 7) is 0.590. The minimum atomic E-state index is -0.530. The van der Waals surface area contributed by atoms with Crippen LogP contribution in [0.2, 0.25) is 0 Å². The Morgan fingerprint density at radius 3 is 2.62 bits per heavy atom. The minimum absolute atomic E-state index is 0.346. The van der Waals surface area contributed by atoms with Crippen LogP contribution in [-0.2, 0) is 6.54 Å². The number of carbonyl (C=O) groups is 1. The number of carbonyl (C=O) groups excluding carboxylic acids is 1. The maximum Gasteiger partial charge on any atom is 0.250 e. The Kier molecular flexibility index (Phi) is 4.78. The standard InChI is InChI=1S/C20H20N8O/c1-28(2)20-19(22-11-12-7-4-3-5-8-12)23-18(26-27-20)16-13-9-6-10-14(17(21)29)15(13)24-25-16/h3-10H,11H2,1-2H3,(H2,21,29)(H,24,25)(H,22,23,26). The quantitative estimate of drug-likeness (QED) is 0.462. The van der Waals surface area contributed by atoms with Gasteiger partial charge in [0.15, 0.2) is 11.6 Å². The highest BCUT2D eigenvalue weighted by molar-refractivity contribution is 6.07. The summed E-state index contributed by atoms with van der Waals surface area (Å²) >= 11 is 0. The molecule has 146 valence electrons. The SMILES string of the molecule is CN(C)c1nnc(-c2n[nH]c3c(C(N)=O)cccc23)nc1NCc1ccccc1. The molecule has 4 N–H and O–H groups in total. The van der Waals surface area contributed by atoms with Gasteiger partial charge in [-0.1, -0.05) is 42.5 Å². The van der Waals surface area contributed by atoms with Gasteiger partial charge in [-0.3, -0.25) is 9.89 Å². The van der Waals surface area contributed by atoms with Gasteiger partial charge in [0.1, 0.15) is 5.69 Å². The highest BCUT2D eigenvalue weighted by Gasteiger charge is 2.18. The topological polar surface area (TPSA) is 126 Å².